The Morgan fingerprint density at radius 2 is 1.57 bits per heavy atom. The van der Waals surface area contributed by atoms with Crippen LogP contribution in [0.1, 0.15) is 46.5 Å². The van der Waals surface area contributed by atoms with Gasteiger partial charge in [-0.2, -0.15) is 0 Å². The summed E-state index contributed by atoms with van der Waals surface area (Å²) < 4.78 is 6.05. The summed E-state index contributed by atoms with van der Waals surface area (Å²) >= 11 is 0. The van der Waals surface area contributed by atoms with E-state index in [-0.39, 0.29) is 5.60 Å². The topological polar surface area (TPSA) is 35.2 Å². The largest absolute Gasteiger partial charge is 0.373 e. The minimum atomic E-state index is 0.00550. The molecular weight excluding hydrogens is 174 g/mol. The van der Waals surface area contributed by atoms with Gasteiger partial charge in [0.15, 0.2) is 0 Å². The van der Waals surface area contributed by atoms with Gasteiger partial charge in [-0.1, -0.05) is 0 Å². The van der Waals surface area contributed by atoms with Crippen LogP contribution in [0.3, 0.4) is 0 Å². The molecule has 0 radical (unpaired) electrons. The molecule has 82 valence electrons. The van der Waals surface area contributed by atoms with E-state index >= 15 is 0 Å². The lowest BCUT2D eigenvalue weighted by Gasteiger charge is -2.36. The molecule has 0 aliphatic heterocycles. The second-order valence-corrected chi connectivity index (χ2v) is 6.00. The SMILES string of the molecule is CC(C)(C)O[C@@H]1C[C@H]2CC[C@@H](C1)C2N. The van der Waals surface area contributed by atoms with E-state index in [1.165, 1.54) is 25.7 Å². The predicted molar refractivity (Wildman–Crippen MR) is 58.0 cm³/mol. The molecule has 1 unspecified atom stereocenters. The third kappa shape index (κ3) is 2.12. The van der Waals surface area contributed by atoms with Crippen molar-refractivity contribution >= 4 is 0 Å². The van der Waals surface area contributed by atoms with Crippen molar-refractivity contribution in [3.63, 3.8) is 0 Å². The van der Waals surface area contributed by atoms with E-state index in [0.29, 0.717) is 12.1 Å². The zero-order valence-electron chi connectivity index (χ0n) is 9.62. The van der Waals surface area contributed by atoms with E-state index < -0.39 is 0 Å². The Morgan fingerprint density at radius 1 is 1.07 bits per heavy atom. The zero-order chi connectivity index (χ0) is 10.3. The molecular formula is C12H23NO. The summed E-state index contributed by atoms with van der Waals surface area (Å²) in [6.07, 6.45) is 5.50. The van der Waals surface area contributed by atoms with Crippen LogP contribution in [0.4, 0.5) is 0 Å². The Kier molecular flexibility index (Phi) is 2.61. The van der Waals surface area contributed by atoms with Gasteiger partial charge in [0.25, 0.3) is 0 Å². The van der Waals surface area contributed by atoms with Gasteiger partial charge < -0.3 is 10.5 Å². The minimum Gasteiger partial charge on any atom is -0.373 e. The van der Waals surface area contributed by atoms with Crippen molar-refractivity contribution in [1.82, 2.24) is 0 Å². The molecule has 0 aromatic rings. The summed E-state index contributed by atoms with van der Waals surface area (Å²) in [5.74, 6) is 1.47. The molecule has 2 aliphatic rings. The summed E-state index contributed by atoms with van der Waals surface area (Å²) in [6.45, 7) is 6.43. The average Bonchev–Trinajstić information content (AvgIpc) is 2.32. The maximum atomic E-state index is 6.15. The number of hydrogen-bond acceptors (Lipinski definition) is 2. The van der Waals surface area contributed by atoms with Crippen LogP contribution in [-0.4, -0.2) is 17.7 Å². The van der Waals surface area contributed by atoms with E-state index in [1.54, 1.807) is 0 Å². The van der Waals surface area contributed by atoms with Gasteiger partial charge in [0, 0.05) is 6.04 Å². The van der Waals surface area contributed by atoms with Gasteiger partial charge in [0.2, 0.25) is 0 Å². The van der Waals surface area contributed by atoms with E-state index in [0.717, 1.165) is 11.8 Å². The molecule has 2 N–H and O–H groups in total. The van der Waals surface area contributed by atoms with E-state index in [1.807, 2.05) is 0 Å². The number of rotatable bonds is 1. The fourth-order valence-corrected chi connectivity index (χ4v) is 3.12. The Labute approximate surface area is 87.2 Å². The van der Waals surface area contributed by atoms with E-state index in [2.05, 4.69) is 20.8 Å². The van der Waals surface area contributed by atoms with Crippen LogP contribution in [-0.2, 0) is 4.74 Å². The van der Waals surface area contributed by atoms with Gasteiger partial charge in [0.1, 0.15) is 0 Å². The first-order valence-electron chi connectivity index (χ1n) is 5.89. The number of nitrogens with two attached hydrogens (primary N) is 1. The van der Waals surface area contributed by atoms with Crippen LogP contribution >= 0.6 is 0 Å². The highest BCUT2D eigenvalue weighted by molar-refractivity contribution is 4.95. The van der Waals surface area contributed by atoms with Gasteiger partial charge in [-0.05, 0) is 58.3 Å². The molecule has 14 heavy (non-hydrogen) atoms. The lowest BCUT2D eigenvalue weighted by Crippen LogP contribution is -2.42. The molecule has 0 aromatic carbocycles. The van der Waals surface area contributed by atoms with Crippen molar-refractivity contribution in [2.75, 3.05) is 0 Å². The zero-order valence-corrected chi connectivity index (χ0v) is 9.62. The molecule has 0 aromatic heterocycles. The molecule has 2 nitrogen and oxygen atoms in total. The molecule has 0 amide bonds. The van der Waals surface area contributed by atoms with Crippen LogP contribution in [0, 0.1) is 11.8 Å². The lowest BCUT2D eigenvalue weighted by molar-refractivity contribution is -0.0860. The maximum Gasteiger partial charge on any atom is 0.0602 e. The van der Waals surface area contributed by atoms with Crippen molar-refractivity contribution < 1.29 is 4.74 Å². The normalized spacial score (nSPS) is 42.9. The highest BCUT2D eigenvalue weighted by atomic mass is 16.5. The molecule has 2 rings (SSSR count). The molecule has 2 heteroatoms. The summed E-state index contributed by atoms with van der Waals surface area (Å²) in [6, 6.07) is 0.467. The van der Waals surface area contributed by atoms with Crippen molar-refractivity contribution in [3.8, 4) is 0 Å². The van der Waals surface area contributed by atoms with Crippen LogP contribution in [0.25, 0.3) is 0 Å². The highest BCUT2D eigenvalue weighted by Crippen LogP contribution is 2.42. The molecule has 2 aliphatic carbocycles. The summed E-state index contributed by atoms with van der Waals surface area (Å²) in [5, 5.41) is 0. The molecule has 0 spiro atoms. The van der Waals surface area contributed by atoms with Gasteiger partial charge in [-0.25, -0.2) is 0 Å². The second-order valence-electron chi connectivity index (χ2n) is 6.00. The van der Waals surface area contributed by atoms with Gasteiger partial charge in [-0.15, -0.1) is 0 Å². The summed E-state index contributed by atoms with van der Waals surface area (Å²) in [7, 11) is 0. The number of hydrogen-bond donors (Lipinski definition) is 1. The predicted octanol–water partition coefficient (Wildman–Crippen LogP) is 2.32. The molecule has 2 bridgehead atoms. The molecule has 2 saturated carbocycles. The Hall–Kier alpha value is -0.0800. The highest BCUT2D eigenvalue weighted by Gasteiger charge is 2.41. The van der Waals surface area contributed by atoms with Gasteiger partial charge >= 0.3 is 0 Å². The molecule has 0 heterocycles. The van der Waals surface area contributed by atoms with Crippen molar-refractivity contribution in [3.05, 3.63) is 0 Å². The van der Waals surface area contributed by atoms with Crippen LogP contribution in [0.5, 0.6) is 0 Å². The van der Waals surface area contributed by atoms with Crippen LogP contribution in [0.2, 0.25) is 0 Å². The Morgan fingerprint density at radius 3 is 2.00 bits per heavy atom. The first kappa shape index (κ1) is 10.4. The lowest BCUT2D eigenvalue weighted by atomic mass is 9.82. The van der Waals surface area contributed by atoms with Gasteiger partial charge in [0.05, 0.1) is 11.7 Å². The third-order valence-electron chi connectivity index (χ3n) is 3.65. The van der Waals surface area contributed by atoms with E-state index in [4.69, 9.17) is 10.5 Å². The van der Waals surface area contributed by atoms with Crippen LogP contribution < -0.4 is 5.73 Å². The fourth-order valence-electron chi connectivity index (χ4n) is 3.12. The van der Waals surface area contributed by atoms with Gasteiger partial charge in [-0.3, -0.25) is 0 Å². The first-order chi connectivity index (χ1) is 6.46. The number of ether oxygens (including phenoxy) is 1. The molecule has 0 saturated heterocycles. The molecule has 2 fully saturated rings. The minimum absolute atomic E-state index is 0.00550. The average molecular weight is 197 g/mol. The smallest absolute Gasteiger partial charge is 0.0602 e. The first-order valence-corrected chi connectivity index (χ1v) is 5.89. The van der Waals surface area contributed by atoms with E-state index in [9.17, 15) is 0 Å². The quantitative estimate of drug-likeness (QED) is 0.700. The van der Waals surface area contributed by atoms with Crippen molar-refractivity contribution in [1.29, 1.82) is 0 Å². The Bertz CT molecular complexity index is 195. The standard InChI is InChI=1S/C12H23NO/c1-12(2,3)14-10-6-8-4-5-9(7-10)11(8)13/h8-11H,4-7,13H2,1-3H3/t8-,9+,10-,11?. The number of fused-ring (bicyclic) bond motifs is 2. The summed E-state index contributed by atoms with van der Waals surface area (Å²) in [4.78, 5) is 0. The Balaban J connectivity index is 1.93. The van der Waals surface area contributed by atoms with Crippen LogP contribution in [0.15, 0.2) is 0 Å². The van der Waals surface area contributed by atoms with Crippen molar-refractivity contribution in [2.24, 2.45) is 17.6 Å². The molecule has 4 atom stereocenters. The van der Waals surface area contributed by atoms with Crippen molar-refractivity contribution in [2.45, 2.75) is 64.2 Å². The summed E-state index contributed by atoms with van der Waals surface area (Å²) in [5.41, 5.74) is 6.16. The third-order valence-corrected chi connectivity index (χ3v) is 3.65. The second kappa shape index (κ2) is 3.49. The fraction of sp³-hybridized carbons (Fsp3) is 1.00. The monoisotopic (exact) mass is 197 g/mol. The maximum absolute atomic E-state index is 6.15.